The van der Waals surface area contributed by atoms with Crippen molar-refractivity contribution in [3.8, 4) is 0 Å². The maximum Gasteiger partial charge on any atom is 0.237 e. The topological polar surface area (TPSA) is 89.3 Å². The van der Waals surface area contributed by atoms with Crippen molar-refractivity contribution >= 4 is 15.9 Å². The van der Waals surface area contributed by atoms with Crippen LogP contribution in [0.2, 0.25) is 0 Å². The second-order valence-corrected chi connectivity index (χ2v) is 6.44. The zero-order chi connectivity index (χ0) is 11.1. The monoisotopic (exact) mass is 232 g/mol. The predicted octanol–water partition coefficient (Wildman–Crippen LogP) is -0.278. The maximum atomic E-state index is 11.4. The molecule has 86 valence electrons. The first-order chi connectivity index (χ1) is 6.99. The molecule has 1 amide bonds. The Labute approximate surface area is 89.5 Å². The lowest BCUT2D eigenvalue weighted by atomic mass is 10.1. The molecular formula is C9H16N2O3S. The van der Waals surface area contributed by atoms with E-state index in [9.17, 15) is 13.2 Å². The van der Waals surface area contributed by atoms with Gasteiger partial charge in [-0.25, -0.2) is 8.42 Å². The number of hydrogen-bond acceptors (Lipinski definition) is 4. The molecule has 15 heavy (non-hydrogen) atoms. The summed E-state index contributed by atoms with van der Waals surface area (Å²) in [4.78, 5) is 11.4. The zero-order valence-electron chi connectivity index (χ0n) is 8.48. The Morgan fingerprint density at radius 2 is 1.93 bits per heavy atom. The van der Waals surface area contributed by atoms with Gasteiger partial charge in [0.1, 0.15) is 0 Å². The van der Waals surface area contributed by atoms with Gasteiger partial charge in [0, 0.05) is 12.5 Å². The van der Waals surface area contributed by atoms with Crippen LogP contribution in [0, 0.1) is 5.92 Å². The zero-order valence-corrected chi connectivity index (χ0v) is 9.29. The molecule has 2 rings (SSSR count). The summed E-state index contributed by atoms with van der Waals surface area (Å²) in [7, 11) is -3.39. The molecule has 0 bridgehead atoms. The molecule has 2 saturated carbocycles. The molecule has 2 aliphatic carbocycles. The summed E-state index contributed by atoms with van der Waals surface area (Å²) in [6.07, 6.45) is 3.57. The average Bonchev–Trinajstić information content (AvgIpc) is 2.98. The minimum Gasteiger partial charge on any atom is -0.327 e. The van der Waals surface area contributed by atoms with Crippen LogP contribution < -0.4 is 10.5 Å². The van der Waals surface area contributed by atoms with Crippen LogP contribution in [0.4, 0.5) is 0 Å². The molecule has 0 heterocycles. The molecule has 5 nitrogen and oxygen atoms in total. The van der Waals surface area contributed by atoms with Crippen LogP contribution in [0.25, 0.3) is 0 Å². The summed E-state index contributed by atoms with van der Waals surface area (Å²) in [5.41, 5.74) is 5.73. The fourth-order valence-electron chi connectivity index (χ4n) is 1.57. The van der Waals surface area contributed by atoms with Crippen LogP contribution >= 0.6 is 0 Å². The van der Waals surface area contributed by atoms with Crippen molar-refractivity contribution < 1.29 is 13.2 Å². The van der Waals surface area contributed by atoms with E-state index in [2.05, 4.69) is 4.72 Å². The van der Waals surface area contributed by atoms with E-state index in [1.54, 1.807) is 0 Å². The number of amides is 1. The quantitative estimate of drug-likeness (QED) is 0.682. The second-order valence-electron chi connectivity index (χ2n) is 4.48. The molecular weight excluding hydrogens is 216 g/mol. The summed E-state index contributed by atoms with van der Waals surface area (Å²) >= 11 is 0. The average molecular weight is 232 g/mol. The molecule has 0 saturated heterocycles. The van der Waals surface area contributed by atoms with Crippen LogP contribution in [0.5, 0.6) is 0 Å². The largest absolute Gasteiger partial charge is 0.327 e. The Morgan fingerprint density at radius 1 is 1.33 bits per heavy atom. The Morgan fingerprint density at radius 3 is 2.40 bits per heavy atom. The highest BCUT2D eigenvalue weighted by molar-refractivity contribution is 7.90. The van der Waals surface area contributed by atoms with Crippen molar-refractivity contribution in [3.63, 3.8) is 0 Å². The first kappa shape index (κ1) is 10.9. The van der Waals surface area contributed by atoms with Gasteiger partial charge < -0.3 is 5.73 Å². The van der Waals surface area contributed by atoms with E-state index in [0.29, 0.717) is 18.8 Å². The van der Waals surface area contributed by atoms with E-state index in [-0.39, 0.29) is 17.7 Å². The molecule has 0 spiro atoms. The number of sulfonamides is 1. The normalized spacial score (nSPS) is 23.5. The van der Waals surface area contributed by atoms with Crippen molar-refractivity contribution in [2.75, 3.05) is 0 Å². The molecule has 0 aromatic heterocycles. The molecule has 0 aromatic rings. The standard InChI is InChI=1S/C9H16N2O3S/c10-8(6-1-2-6)5-9(12)11-15(13,14)7-3-4-7/h6-8H,1-5,10H2,(H,11,12). The number of nitrogens with one attached hydrogen (secondary N) is 1. The van der Waals surface area contributed by atoms with Gasteiger partial charge >= 0.3 is 0 Å². The Balaban J connectivity index is 1.80. The summed E-state index contributed by atoms with van der Waals surface area (Å²) in [6, 6.07) is -0.181. The van der Waals surface area contributed by atoms with E-state index < -0.39 is 15.9 Å². The van der Waals surface area contributed by atoms with Gasteiger partial charge in [0.15, 0.2) is 0 Å². The highest BCUT2D eigenvalue weighted by atomic mass is 32.2. The number of hydrogen-bond donors (Lipinski definition) is 2. The first-order valence-corrected chi connectivity index (χ1v) is 6.84. The molecule has 2 aliphatic rings. The van der Waals surface area contributed by atoms with Gasteiger partial charge in [-0.05, 0) is 31.6 Å². The van der Waals surface area contributed by atoms with Crippen LogP contribution in [-0.2, 0) is 14.8 Å². The van der Waals surface area contributed by atoms with Crippen molar-refractivity contribution in [1.29, 1.82) is 0 Å². The SMILES string of the molecule is NC(CC(=O)NS(=O)(=O)C1CC1)C1CC1. The van der Waals surface area contributed by atoms with Crippen LogP contribution in [0.1, 0.15) is 32.1 Å². The van der Waals surface area contributed by atoms with E-state index >= 15 is 0 Å². The van der Waals surface area contributed by atoms with Gasteiger partial charge in [0.25, 0.3) is 0 Å². The smallest absolute Gasteiger partial charge is 0.237 e. The summed E-state index contributed by atoms with van der Waals surface area (Å²) < 4.78 is 24.9. The van der Waals surface area contributed by atoms with Gasteiger partial charge in [0.2, 0.25) is 15.9 Å². The Hall–Kier alpha value is -0.620. The molecule has 6 heteroatoms. The molecule has 2 fully saturated rings. The summed E-state index contributed by atoms with van der Waals surface area (Å²) in [5, 5.41) is -0.349. The second kappa shape index (κ2) is 3.75. The minimum atomic E-state index is -3.39. The number of carbonyl (C=O) groups excluding carboxylic acids is 1. The van der Waals surface area contributed by atoms with E-state index in [1.165, 1.54) is 0 Å². The summed E-state index contributed by atoms with van der Waals surface area (Å²) in [6.45, 7) is 0. The van der Waals surface area contributed by atoms with Crippen LogP contribution in [-0.4, -0.2) is 25.6 Å². The van der Waals surface area contributed by atoms with Gasteiger partial charge in [-0.3, -0.25) is 9.52 Å². The van der Waals surface area contributed by atoms with Crippen LogP contribution in [0.15, 0.2) is 0 Å². The Bertz CT molecular complexity index is 358. The number of rotatable bonds is 5. The highest BCUT2D eigenvalue weighted by Crippen LogP contribution is 2.33. The lowest BCUT2D eigenvalue weighted by Gasteiger charge is -2.10. The van der Waals surface area contributed by atoms with Crippen LogP contribution in [0.3, 0.4) is 0 Å². The molecule has 1 unspecified atom stereocenters. The summed E-state index contributed by atoms with van der Waals surface area (Å²) in [5.74, 6) is -0.0410. The highest BCUT2D eigenvalue weighted by Gasteiger charge is 2.37. The van der Waals surface area contributed by atoms with Crippen molar-refractivity contribution in [1.82, 2.24) is 4.72 Å². The lowest BCUT2D eigenvalue weighted by molar-refractivity contribution is -0.119. The fourth-order valence-corrected chi connectivity index (χ4v) is 2.89. The van der Waals surface area contributed by atoms with Gasteiger partial charge in [-0.15, -0.1) is 0 Å². The van der Waals surface area contributed by atoms with Gasteiger partial charge in [0.05, 0.1) is 5.25 Å². The van der Waals surface area contributed by atoms with Crippen molar-refractivity contribution in [2.24, 2.45) is 11.7 Å². The van der Waals surface area contributed by atoms with E-state index in [4.69, 9.17) is 5.73 Å². The molecule has 1 atom stereocenters. The molecule has 0 aromatic carbocycles. The van der Waals surface area contributed by atoms with E-state index in [1.807, 2.05) is 0 Å². The van der Waals surface area contributed by atoms with Crippen molar-refractivity contribution in [3.05, 3.63) is 0 Å². The van der Waals surface area contributed by atoms with E-state index in [0.717, 1.165) is 12.8 Å². The third-order valence-corrected chi connectivity index (χ3v) is 4.73. The molecule has 0 radical (unpaired) electrons. The Kier molecular flexibility index (Phi) is 2.72. The first-order valence-electron chi connectivity index (χ1n) is 5.29. The fraction of sp³-hybridized carbons (Fsp3) is 0.889. The predicted molar refractivity (Wildman–Crippen MR) is 55.4 cm³/mol. The minimum absolute atomic E-state index is 0.122. The number of carbonyl (C=O) groups is 1. The lowest BCUT2D eigenvalue weighted by Crippen LogP contribution is -2.37. The third kappa shape index (κ3) is 2.92. The molecule has 0 aliphatic heterocycles. The molecule has 3 N–H and O–H groups in total. The maximum absolute atomic E-state index is 11.4. The third-order valence-electron chi connectivity index (χ3n) is 2.87. The van der Waals surface area contributed by atoms with Gasteiger partial charge in [-0.1, -0.05) is 0 Å². The van der Waals surface area contributed by atoms with Gasteiger partial charge in [-0.2, -0.15) is 0 Å². The van der Waals surface area contributed by atoms with Crippen molar-refractivity contribution in [2.45, 2.75) is 43.4 Å². The number of nitrogens with two attached hydrogens (primary N) is 1.